The lowest BCUT2D eigenvalue weighted by atomic mass is 10.0. The summed E-state index contributed by atoms with van der Waals surface area (Å²) in [5.41, 5.74) is 1.17. The molecule has 0 heterocycles. The Morgan fingerprint density at radius 1 is 0.337 bits per heavy atom. The number of carbonyl (C=O) groups is 1. The first-order valence-electron chi connectivity index (χ1n) is 34.5. The molecule has 490 valence electrons. The number of carbonyl (C=O) groups excluding carboxylic acids is 1. The van der Waals surface area contributed by atoms with Crippen molar-refractivity contribution >= 4 is 5.97 Å². The maximum atomic E-state index is 12.1. The summed E-state index contributed by atoms with van der Waals surface area (Å²) in [5, 5.41) is 9.39. The maximum absolute atomic E-state index is 12.1. The average molecular weight is 1180 g/mol. The number of hydrogen-bond donors (Lipinski definition) is 1. The number of esters is 1. The third-order valence-electron chi connectivity index (χ3n) is 15.1. The highest BCUT2D eigenvalue weighted by molar-refractivity contribution is 5.69. The van der Waals surface area contributed by atoms with Crippen molar-refractivity contribution in [3.63, 3.8) is 0 Å². The number of ether oxygens (including phenoxy) is 11. The highest BCUT2D eigenvalue weighted by Crippen LogP contribution is 2.29. The van der Waals surface area contributed by atoms with Crippen molar-refractivity contribution in [2.75, 3.05) is 126 Å². The largest absolute Gasteiger partial charge is 0.490 e. The zero-order valence-corrected chi connectivity index (χ0v) is 54.1. The van der Waals surface area contributed by atoms with Crippen LogP contribution in [-0.2, 0) is 52.3 Å². The van der Waals surface area contributed by atoms with E-state index >= 15 is 0 Å². The quantitative estimate of drug-likeness (QED) is 0.0285. The van der Waals surface area contributed by atoms with Crippen molar-refractivity contribution < 1.29 is 67.0 Å². The second-order valence-corrected chi connectivity index (χ2v) is 22.8. The molecule has 1 rings (SSSR count). The van der Waals surface area contributed by atoms with Gasteiger partial charge in [-0.15, -0.1) is 0 Å². The minimum absolute atomic E-state index is 0.146. The van der Waals surface area contributed by atoms with Gasteiger partial charge in [0.25, 0.3) is 0 Å². The van der Waals surface area contributed by atoms with Gasteiger partial charge in [0.1, 0.15) is 6.61 Å². The van der Waals surface area contributed by atoms with Crippen molar-refractivity contribution in [2.45, 2.75) is 277 Å². The normalized spacial score (nSPS) is 12.0. The Hall–Kier alpha value is -2.11. The summed E-state index contributed by atoms with van der Waals surface area (Å²) in [6.45, 7) is 17.5. The van der Waals surface area contributed by atoms with E-state index in [2.05, 4.69) is 32.9 Å². The van der Waals surface area contributed by atoms with Crippen LogP contribution in [0.25, 0.3) is 0 Å². The summed E-state index contributed by atoms with van der Waals surface area (Å²) in [5.74, 6) is 1.54. The Labute approximate surface area is 509 Å². The molecule has 14 nitrogen and oxygen atoms in total. The molecule has 0 radical (unpaired) electrons. The molecule has 1 aromatic rings. The first-order chi connectivity index (χ1) is 41.1. The molecule has 0 amide bonds. The van der Waals surface area contributed by atoms with Crippen LogP contribution in [0.3, 0.4) is 0 Å². The molecule has 1 atom stereocenters. The lowest BCUT2D eigenvalue weighted by molar-refractivity contribution is -0.282. The molecule has 0 fully saturated rings. The fraction of sp³-hybridized carbons (Fsp3) is 0.899. The molecule has 0 aliphatic heterocycles. The van der Waals surface area contributed by atoms with Gasteiger partial charge in [0.15, 0.2) is 11.5 Å². The van der Waals surface area contributed by atoms with Crippen LogP contribution in [0, 0.1) is 6.92 Å². The molecule has 0 spiro atoms. The van der Waals surface area contributed by atoms with E-state index < -0.39 is 0 Å². The fourth-order valence-electron chi connectivity index (χ4n) is 9.84. The van der Waals surface area contributed by atoms with Crippen LogP contribution in [0.2, 0.25) is 0 Å². The second kappa shape index (κ2) is 67.4. The van der Waals surface area contributed by atoms with Crippen LogP contribution in [-0.4, -0.2) is 143 Å². The summed E-state index contributed by atoms with van der Waals surface area (Å²) in [6, 6.07) is 6.21. The Kier molecular flexibility index (Phi) is 64.1. The van der Waals surface area contributed by atoms with E-state index in [0.29, 0.717) is 119 Å². The lowest BCUT2D eigenvalue weighted by Crippen LogP contribution is -2.16. The van der Waals surface area contributed by atoms with Gasteiger partial charge in [-0.3, -0.25) is 10.1 Å². The van der Waals surface area contributed by atoms with Crippen molar-refractivity contribution in [2.24, 2.45) is 0 Å². The Balaban J connectivity index is 1.85. The van der Waals surface area contributed by atoms with Crippen LogP contribution in [0.15, 0.2) is 18.2 Å². The second-order valence-electron chi connectivity index (χ2n) is 22.8. The van der Waals surface area contributed by atoms with Crippen molar-refractivity contribution in [3.8, 4) is 11.5 Å². The third-order valence-corrected chi connectivity index (χ3v) is 15.1. The summed E-state index contributed by atoms with van der Waals surface area (Å²) >= 11 is 0. The van der Waals surface area contributed by atoms with E-state index in [-0.39, 0.29) is 18.7 Å². The minimum atomic E-state index is -0.186. The van der Waals surface area contributed by atoms with Gasteiger partial charge in [-0.2, -0.15) is 0 Å². The lowest BCUT2D eigenvalue weighted by Gasteiger charge is -2.14. The summed E-state index contributed by atoms with van der Waals surface area (Å²) in [7, 11) is 0. The monoisotopic (exact) mass is 1180 g/mol. The fourth-order valence-corrected chi connectivity index (χ4v) is 9.84. The van der Waals surface area contributed by atoms with E-state index in [0.717, 1.165) is 102 Å². The van der Waals surface area contributed by atoms with Crippen LogP contribution in [0.5, 0.6) is 11.5 Å². The van der Waals surface area contributed by atoms with Gasteiger partial charge < -0.3 is 52.1 Å². The molecule has 1 aromatic carbocycles. The van der Waals surface area contributed by atoms with E-state index in [1.807, 2.05) is 6.07 Å². The topological polar surface area (TPSA) is 148 Å². The summed E-state index contributed by atoms with van der Waals surface area (Å²) in [4.78, 5) is 16.9. The Bertz CT molecular complexity index is 1420. The molecule has 1 N–H and O–H groups in total. The molecule has 0 saturated carbocycles. The molecule has 0 saturated heterocycles. The molecule has 0 aliphatic rings. The zero-order chi connectivity index (χ0) is 59.5. The minimum Gasteiger partial charge on any atom is -0.490 e. The standard InChI is InChI=1S/C69H130O14/c1-4-6-8-10-12-14-18-24-30-36-45-72-50-53-75-56-58-77-55-52-74-49-44-66(83-71)40-34-28-22-16-20-26-32-38-47-80-67-43-42-65(3)64-68(67)81-48-39-33-27-21-17-23-29-35-41-69(70)82-63-62-79-61-60-78-59-57-76-54-51-73-46-37-31-25-19-15-13-11-9-7-5-2/h42-43,64,66,71H,4-41,44-63H2,1-3H3. The van der Waals surface area contributed by atoms with Crippen LogP contribution >= 0.6 is 0 Å². The third kappa shape index (κ3) is 60.0. The van der Waals surface area contributed by atoms with Gasteiger partial charge in [0, 0.05) is 32.7 Å². The van der Waals surface area contributed by atoms with Crippen LogP contribution < -0.4 is 9.47 Å². The molecular weight excluding hydrogens is 1050 g/mol. The van der Waals surface area contributed by atoms with Crippen LogP contribution in [0.1, 0.15) is 270 Å². The smallest absolute Gasteiger partial charge is 0.305 e. The number of hydrogen-bond acceptors (Lipinski definition) is 14. The molecule has 0 aliphatic carbocycles. The molecule has 0 aromatic heterocycles. The number of benzene rings is 1. The van der Waals surface area contributed by atoms with Gasteiger partial charge in [0.2, 0.25) is 0 Å². The van der Waals surface area contributed by atoms with Gasteiger partial charge in [-0.05, 0) is 63.1 Å². The molecular formula is C69H130O14. The molecule has 0 bridgehead atoms. The summed E-state index contributed by atoms with van der Waals surface area (Å²) < 4.78 is 62.7. The van der Waals surface area contributed by atoms with Gasteiger partial charge in [-0.25, -0.2) is 4.89 Å². The maximum Gasteiger partial charge on any atom is 0.305 e. The zero-order valence-electron chi connectivity index (χ0n) is 54.1. The van der Waals surface area contributed by atoms with E-state index in [1.54, 1.807) is 0 Å². The SMILES string of the molecule is CCCCCCCCCCCCOCCOCCOCCOCCOC(=O)CCCCCCCCCCOc1cc(C)ccc1OCCCCCCCCCCC(CCOCCOCCOCCOCCCCCCCCCCCC)OO. The molecule has 83 heavy (non-hydrogen) atoms. The van der Waals surface area contributed by atoms with Crippen LogP contribution in [0.4, 0.5) is 0 Å². The van der Waals surface area contributed by atoms with E-state index in [1.165, 1.54) is 166 Å². The summed E-state index contributed by atoms with van der Waals surface area (Å²) in [6.07, 6.45) is 46.6. The van der Waals surface area contributed by atoms with Crippen molar-refractivity contribution in [1.29, 1.82) is 0 Å². The van der Waals surface area contributed by atoms with E-state index in [4.69, 9.17) is 57.0 Å². The number of rotatable bonds is 71. The highest BCUT2D eigenvalue weighted by Gasteiger charge is 2.10. The highest BCUT2D eigenvalue weighted by atomic mass is 17.1. The van der Waals surface area contributed by atoms with Gasteiger partial charge in [0.05, 0.1) is 105 Å². The predicted octanol–water partition coefficient (Wildman–Crippen LogP) is 17.5. The molecule has 1 unspecified atom stereocenters. The first kappa shape index (κ1) is 78.9. The Morgan fingerprint density at radius 2 is 0.651 bits per heavy atom. The van der Waals surface area contributed by atoms with Gasteiger partial charge >= 0.3 is 5.97 Å². The predicted molar refractivity (Wildman–Crippen MR) is 339 cm³/mol. The van der Waals surface area contributed by atoms with E-state index in [9.17, 15) is 10.1 Å². The number of unbranched alkanes of at least 4 members (excludes halogenated alkanes) is 32. The van der Waals surface area contributed by atoms with Crippen molar-refractivity contribution in [1.82, 2.24) is 0 Å². The molecule has 14 heteroatoms. The number of aryl methyl sites for hydroxylation is 1. The average Bonchev–Trinajstić information content (AvgIpc) is 3.52. The first-order valence-corrected chi connectivity index (χ1v) is 34.5. The van der Waals surface area contributed by atoms with Gasteiger partial charge in [-0.1, -0.05) is 219 Å². The van der Waals surface area contributed by atoms with Crippen molar-refractivity contribution in [3.05, 3.63) is 23.8 Å². The Morgan fingerprint density at radius 3 is 1.05 bits per heavy atom.